The Morgan fingerprint density at radius 3 is 1.23 bits per heavy atom. The number of hydrogen-bond donors (Lipinski definition) is 0. The minimum absolute atomic E-state index is 0. The molecule has 106 heavy (non-hydrogen) atoms. The van der Waals surface area contributed by atoms with Crippen LogP contribution in [0.5, 0.6) is 0 Å². The summed E-state index contributed by atoms with van der Waals surface area (Å²) in [5.41, 5.74) is 20.3. The molecule has 0 N–H and O–H groups in total. The van der Waals surface area contributed by atoms with Crippen molar-refractivity contribution in [2.45, 2.75) is 153 Å². The number of pyridine rings is 3. The van der Waals surface area contributed by atoms with E-state index >= 15 is 0 Å². The van der Waals surface area contributed by atoms with E-state index in [1.54, 1.807) is 0 Å². The van der Waals surface area contributed by atoms with Gasteiger partial charge < -0.3 is 22.7 Å². The molecule has 0 spiro atoms. The van der Waals surface area contributed by atoms with Gasteiger partial charge in [-0.15, -0.1) is 89.0 Å². The van der Waals surface area contributed by atoms with Gasteiger partial charge in [-0.25, -0.2) is 0 Å². The fourth-order valence-electron chi connectivity index (χ4n) is 18.3. The number of rotatable bonds is 11. The van der Waals surface area contributed by atoms with Crippen LogP contribution < -0.4 is 0 Å². The Hall–Kier alpha value is -7.52. The number of ether oxygens (including phenoxy) is 2. The van der Waals surface area contributed by atoms with E-state index in [4.69, 9.17) is 24.4 Å². The van der Waals surface area contributed by atoms with E-state index in [0.29, 0.717) is 54.5 Å². The second kappa shape index (κ2) is 30.5. The zero-order valence-corrected chi connectivity index (χ0v) is 70.5. The average Bonchev–Trinajstić information content (AvgIpc) is 1.53. The molecule has 0 amide bonds. The Morgan fingerprint density at radius 2 is 0.811 bits per heavy atom. The fraction of sp³-hybridized carbons (Fsp3) is 0.337. The topological polar surface area (TPSA) is 70.4 Å². The van der Waals surface area contributed by atoms with E-state index in [-0.39, 0.29) is 71.1 Å². The molecular weight excluding hydrogens is 1830 g/mol. The Morgan fingerprint density at radius 1 is 0.425 bits per heavy atom. The van der Waals surface area contributed by atoms with Gasteiger partial charge in [0.05, 0.1) is 60.5 Å². The van der Waals surface area contributed by atoms with Crippen molar-refractivity contribution in [3.8, 4) is 33.8 Å². The molecule has 9 aromatic carbocycles. The number of imidazole rings is 3. The smallest absolute Gasteiger partial charge is 0.0723 e. The summed E-state index contributed by atoms with van der Waals surface area (Å²) in [4.78, 5) is 14.8. The first-order valence-corrected chi connectivity index (χ1v) is 37.7. The normalized spacial score (nSPS) is 18.6. The van der Waals surface area contributed by atoms with Crippen molar-refractivity contribution < 1.29 is 69.8 Å². The van der Waals surface area contributed by atoms with Gasteiger partial charge in [0.1, 0.15) is 0 Å². The third-order valence-corrected chi connectivity index (χ3v) is 23.9. The summed E-state index contributed by atoms with van der Waals surface area (Å²) in [6.45, 7) is 30.4. The van der Waals surface area contributed by atoms with E-state index in [1.165, 1.54) is 122 Å². The van der Waals surface area contributed by atoms with Gasteiger partial charge in [-0.2, -0.15) is 0 Å². The van der Waals surface area contributed by atoms with Gasteiger partial charge in [-0.3, -0.25) is 15.0 Å². The number of para-hydroxylation sites is 3. The van der Waals surface area contributed by atoms with Crippen LogP contribution in [0.3, 0.4) is 0 Å². The van der Waals surface area contributed by atoms with Gasteiger partial charge in [0, 0.05) is 112 Å². The van der Waals surface area contributed by atoms with Crippen LogP contribution in [0, 0.1) is 57.1 Å². The standard InChI is InChI=1S/C33H37N2O2.C31H29N2.C31H31N2.3Ir/c1-32(2,3)21-36-19-23-12-11-13-24(20-37-22-33(4,5)6)30(23)29-18-34-31-27-16-8-7-14-25(27)26-15-9-10-17-28(26)35(29)31;1-30(2)20-16-17-31(30,3)26(18-20)22-11-5-6-13-24(22)28-19-32-29-25-14-7-4-10-21(25)23-12-8-9-15-27(23)33(28)29;1-31(2,3)22-18-16-21(17-19-22)23-10-4-6-12-25(23)29-20-32-30-27-14-7-5-11-24(27)26-13-8-9-15-28(26)33(29)30;;;/h7-15,17-18H,19-22H2,1-6H3;4-13,15,19-20,26H,16-18H2,1-3H3;4-13,15,20-22H,16-19H2,1-3H3;;;/q3*-1;;;. The molecule has 3 radical (unpaired) electrons. The maximum atomic E-state index is 6.23. The average molecular weight is 1930 g/mol. The van der Waals surface area contributed by atoms with Crippen molar-refractivity contribution in [3.05, 3.63) is 253 Å². The second-order valence-corrected chi connectivity index (χ2v) is 34.1. The van der Waals surface area contributed by atoms with Gasteiger partial charge in [0.25, 0.3) is 0 Å². The first-order chi connectivity index (χ1) is 49.6. The SMILES string of the molecule is CC(C)(C)C1CCC(c2ccccc2-c2cnc3c4[c-]cccc4c4ccccc4n23)CC1.CC(C)(C)COCc1cccc(COCC(C)(C)C)c1-c1cnc2c3[c-]cccc3c3ccccc3n12.CC1(C)C2CCC1(C)C(c1ccccc1-c1cnc3c4[c-]cccc4c4ccccc4n13)C2.[Ir].[Ir].[Ir]. The van der Waals surface area contributed by atoms with Gasteiger partial charge in [-0.05, 0) is 152 Å². The zero-order chi connectivity index (χ0) is 71.2. The summed E-state index contributed by atoms with van der Waals surface area (Å²) in [5, 5.41) is 10.5. The van der Waals surface area contributed by atoms with Crippen LogP contribution in [0.2, 0.25) is 0 Å². The molecule has 3 aliphatic carbocycles. The van der Waals surface area contributed by atoms with Crippen molar-refractivity contribution in [2.24, 2.45) is 38.9 Å². The van der Waals surface area contributed by atoms with E-state index in [1.807, 2.05) is 30.5 Å². The van der Waals surface area contributed by atoms with Crippen LogP contribution in [0.25, 0.3) is 116 Å². The van der Waals surface area contributed by atoms with Crippen LogP contribution in [0.1, 0.15) is 162 Å². The predicted octanol–water partition coefficient (Wildman–Crippen LogP) is 24.7. The Balaban J connectivity index is 0.000000139. The van der Waals surface area contributed by atoms with Crippen molar-refractivity contribution in [1.82, 2.24) is 28.2 Å². The van der Waals surface area contributed by atoms with E-state index in [0.717, 1.165) is 72.8 Å². The molecule has 0 saturated heterocycles. The molecule has 3 atom stereocenters. The summed E-state index contributed by atoms with van der Waals surface area (Å²) >= 11 is 0. The van der Waals surface area contributed by atoms with Crippen LogP contribution in [-0.2, 0) is 83.0 Å². The number of aromatic nitrogens is 6. The third-order valence-electron chi connectivity index (χ3n) is 23.9. The van der Waals surface area contributed by atoms with E-state index < -0.39 is 0 Å². The monoisotopic (exact) mass is 1930 g/mol. The molecule has 11 heteroatoms. The van der Waals surface area contributed by atoms with Crippen LogP contribution in [0.15, 0.2) is 213 Å². The summed E-state index contributed by atoms with van der Waals surface area (Å²) in [6.07, 6.45) is 15.3. The summed E-state index contributed by atoms with van der Waals surface area (Å²) in [5.74, 6) is 2.85. The molecule has 3 unspecified atom stereocenters. The molecule has 3 saturated carbocycles. The predicted molar refractivity (Wildman–Crippen MR) is 428 cm³/mol. The molecule has 6 heterocycles. The number of nitrogens with zero attached hydrogens (tertiary/aromatic N) is 6. The van der Waals surface area contributed by atoms with Gasteiger partial charge in [0.15, 0.2) is 0 Å². The molecular formula is C95H97Ir3N6O2-3. The molecule has 2 bridgehead atoms. The molecule has 3 aliphatic rings. The molecule has 15 aromatic rings. The number of benzene rings is 9. The maximum absolute atomic E-state index is 6.23. The summed E-state index contributed by atoms with van der Waals surface area (Å²) < 4.78 is 19.5. The molecule has 6 aromatic heterocycles. The number of hydrogen-bond acceptors (Lipinski definition) is 5. The van der Waals surface area contributed by atoms with E-state index in [2.05, 4.69) is 297 Å². The van der Waals surface area contributed by atoms with Gasteiger partial charge in [0.2, 0.25) is 0 Å². The Labute approximate surface area is 666 Å². The van der Waals surface area contributed by atoms with Crippen molar-refractivity contribution in [1.29, 1.82) is 0 Å². The number of fused-ring (bicyclic) bond motifs is 20. The van der Waals surface area contributed by atoms with Gasteiger partial charge >= 0.3 is 0 Å². The molecule has 549 valence electrons. The summed E-state index contributed by atoms with van der Waals surface area (Å²) in [6, 6.07) is 79.6. The molecule has 0 aliphatic heterocycles. The third kappa shape index (κ3) is 14.0. The van der Waals surface area contributed by atoms with Crippen LogP contribution >= 0.6 is 0 Å². The largest absolute Gasteiger partial charge is 0.376 e. The fourth-order valence-corrected chi connectivity index (χ4v) is 18.3. The molecule has 18 rings (SSSR count). The van der Waals surface area contributed by atoms with Crippen LogP contribution in [-0.4, -0.2) is 41.4 Å². The summed E-state index contributed by atoms with van der Waals surface area (Å²) in [7, 11) is 0. The van der Waals surface area contributed by atoms with Crippen molar-refractivity contribution in [2.75, 3.05) is 13.2 Å². The first-order valence-electron chi connectivity index (χ1n) is 37.7. The van der Waals surface area contributed by atoms with Crippen molar-refractivity contribution >= 4 is 82.0 Å². The molecule has 3 fully saturated rings. The Bertz CT molecular complexity index is 5660. The molecule has 8 nitrogen and oxygen atoms in total. The van der Waals surface area contributed by atoms with Crippen LogP contribution in [0.4, 0.5) is 0 Å². The van der Waals surface area contributed by atoms with Crippen molar-refractivity contribution in [3.63, 3.8) is 0 Å². The maximum Gasteiger partial charge on any atom is 0.0723 e. The minimum atomic E-state index is 0. The zero-order valence-electron chi connectivity index (χ0n) is 63.3. The minimum Gasteiger partial charge on any atom is -0.376 e. The second-order valence-electron chi connectivity index (χ2n) is 34.1. The quantitative estimate of drug-likeness (QED) is 0.0953. The van der Waals surface area contributed by atoms with E-state index in [9.17, 15) is 0 Å². The van der Waals surface area contributed by atoms with Gasteiger partial charge in [-0.1, -0.05) is 221 Å². The first kappa shape index (κ1) is 76.7. The Kier molecular flexibility index (Phi) is 22.1.